The number of morpholine rings is 1. The molecule has 1 N–H and O–H groups in total. The van der Waals surface area contributed by atoms with Crippen molar-refractivity contribution in [3.8, 4) is 5.75 Å². The van der Waals surface area contributed by atoms with Gasteiger partial charge in [0.15, 0.2) is 0 Å². The van der Waals surface area contributed by atoms with Gasteiger partial charge in [0.05, 0.1) is 36.2 Å². The predicted octanol–water partition coefficient (Wildman–Crippen LogP) is 4.28. The van der Waals surface area contributed by atoms with E-state index >= 15 is 0 Å². The van der Waals surface area contributed by atoms with Gasteiger partial charge in [0, 0.05) is 49.5 Å². The summed E-state index contributed by atoms with van der Waals surface area (Å²) in [4.78, 5) is 15.9. The second-order valence-corrected chi connectivity index (χ2v) is 8.85. The Morgan fingerprint density at radius 1 is 0.969 bits per heavy atom. The fourth-order valence-corrected chi connectivity index (χ4v) is 4.63. The summed E-state index contributed by atoms with van der Waals surface area (Å²) in [5.74, 6) is 0.840. The van der Waals surface area contributed by atoms with Crippen LogP contribution in [0.5, 0.6) is 5.75 Å². The van der Waals surface area contributed by atoms with E-state index in [1.54, 1.807) is 12.4 Å². The molecule has 2 aromatic heterocycles. The van der Waals surface area contributed by atoms with Gasteiger partial charge in [0.2, 0.25) is 0 Å². The van der Waals surface area contributed by atoms with Gasteiger partial charge >= 0.3 is 0 Å². The van der Waals surface area contributed by atoms with Crippen LogP contribution in [-0.2, 0) is 4.74 Å². The minimum atomic E-state index is 0.190. The molecule has 7 nitrogen and oxygen atoms in total. The van der Waals surface area contributed by atoms with E-state index in [9.17, 15) is 0 Å². The largest absolute Gasteiger partial charge is 0.488 e. The van der Waals surface area contributed by atoms with Gasteiger partial charge in [0.25, 0.3) is 0 Å². The first kappa shape index (κ1) is 20.9. The Labute approximate surface area is 189 Å². The molecule has 1 aliphatic carbocycles. The van der Waals surface area contributed by atoms with E-state index in [4.69, 9.17) is 9.47 Å². The summed E-state index contributed by atoms with van der Waals surface area (Å²) < 4.78 is 12.1. The van der Waals surface area contributed by atoms with Crippen molar-refractivity contribution in [2.75, 3.05) is 36.5 Å². The molecule has 0 spiro atoms. The Balaban J connectivity index is 1.28. The smallest absolute Gasteiger partial charge is 0.149 e. The van der Waals surface area contributed by atoms with Crippen molar-refractivity contribution in [1.82, 2.24) is 15.0 Å². The average molecular weight is 434 g/mol. The van der Waals surface area contributed by atoms with Crippen molar-refractivity contribution < 1.29 is 9.47 Å². The van der Waals surface area contributed by atoms with Gasteiger partial charge in [-0.15, -0.1) is 0 Å². The average Bonchev–Trinajstić information content (AvgIpc) is 2.83. The number of aromatic nitrogens is 3. The molecule has 1 aliphatic heterocycles. The molecule has 1 saturated heterocycles. The molecule has 7 heteroatoms. The third kappa shape index (κ3) is 4.63. The van der Waals surface area contributed by atoms with Crippen molar-refractivity contribution in [3.63, 3.8) is 0 Å². The van der Waals surface area contributed by atoms with Crippen LogP contribution in [0.1, 0.15) is 36.9 Å². The van der Waals surface area contributed by atoms with Crippen LogP contribution in [0.2, 0.25) is 0 Å². The number of anilines is 2. The molecule has 5 rings (SSSR count). The van der Waals surface area contributed by atoms with Gasteiger partial charge in [-0.1, -0.05) is 0 Å². The van der Waals surface area contributed by atoms with E-state index in [2.05, 4.69) is 57.2 Å². The molecule has 0 atom stereocenters. The molecule has 0 bridgehead atoms. The van der Waals surface area contributed by atoms with E-state index in [-0.39, 0.29) is 6.10 Å². The molecule has 1 saturated carbocycles. The van der Waals surface area contributed by atoms with Crippen LogP contribution in [-0.4, -0.2) is 53.4 Å². The standard InChI is InChI=1S/C25H31N5O2/c1-17-13-22(18(2)28-16-17)29-19-3-5-21(6-4-19)32-24-15-20(30-9-11-31-12-10-30)14-23-25(24)27-8-7-26-23/h7-8,13-16,19,21,29H,3-6,9-12H2,1-2H3/t19-,21+. The van der Waals surface area contributed by atoms with Crippen LogP contribution in [0.4, 0.5) is 11.4 Å². The molecule has 1 aromatic carbocycles. The monoisotopic (exact) mass is 433 g/mol. The zero-order valence-corrected chi connectivity index (χ0v) is 18.9. The molecular weight excluding hydrogens is 402 g/mol. The van der Waals surface area contributed by atoms with Crippen molar-refractivity contribution in [2.45, 2.75) is 51.7 Å². The summed E-state index contributed by atoms with van der Waals surface area (Å²) in [6, 6.07) is 6.88. The lowest BCUT2D eigenvalue weighted by Gasteiger charge is -2.32. The molecular formula is C25H31N5O2. The predicted molar refractivity (Wildman–Crippen MR) is 127 cm³/mol. The van der Waals surface area contributed by atoms with Crippen molar-refractivity contribution in [3.05, 3.63) is 48.0 Å². The summed E-state index contributed by atoms with van der Waals surface area (Å²) in [7, 11) is 0. The molecule has 2 aliphatic rings. The van der Waals surface area contributed by atoms with E-state index in [0.29, 0.717) is 6.04 Å². The topological polar surface area (TPSA) is 72.4 Å². The Hall–Kier alpha value is -2.93. The maximum Gasteiger partial charge on any atom is 0.149 e. The Morgan fingerprint density at radius 3 is 2.56 bits per heavy atom. The summed E-state index contributed by atoms with van der Waals surface area (Å²) in [5, 5.41) is 3.70. The number of rotatable bonds is 5. The molecule has 168 valence electrons. The zero-order chi connectivity index (χ0) is 21.9. The summed E-state index contributed by atoms with van der Waals surface area (Å²) >= 11 is 0. The number of ether oxygens (including phenoxy) is 2. The van der Waals surface area contributed by atoms with E-state index in [0.717, 1.165) is 85.8 Å². The first-order valence-corrected chi connectivity index (χ1v) is 11.6. The Bertz CT molecular complexity index is 1080. The van der Waals surface area contributed by atoms with Gasteiger partial charge < -0.3 is 19.7 Å². The highest BCUT2D eigenvalue weighted by atomic mass is 16.5. The van der Waals surface area contributed by atoms with Crippen LogP contribution in [0, 0.1) is 13.8 Å². The zero-order valence-electron chi connectivity index (χ0n) is 18.9. The molecule has 2 fully saturated rings. The van der Waals surface area contributed by atoms with Gasteiger partial charge in [-0.25, -0.2) is 4.98 Å². The van der Waals surface area contributed by atoms with Crippen molar-refractivity contribution in [1.29, 1.82) is 0 Å². The first-order valence-electron chi connectivity index (χ1n) is 11.6. The van der Waals surface area contributed by atoms with Crippen LogP contribution in [0.15, 0.2) is 36.8 Å². The van der Waals surface area contributed by atoms with Gasteiger partial charge in [-0.2, -0.15) is 0 Å². The number of hydrogen-bond donors (Lipinski definition) is 1. The van der Waals surface area contributed by atoms with Crippen molar-refractivity contribution in [2.24, 2.45) is 0 Å². The highest BCUT2D eigenvalue weighted by molar-refractivity contribution is 5.85. The number of benzene rings is 1. The number of pyridine rings is 1. The fraction of sp³-hybridized carbons (Fsp3) is 0.480. The second kappa shape index (κ2) is 9.28. The molecule has 3 heterocycles. The quantitative estimate of drug-likeness (QED) is 0.644. The second-order valence-electron chi connectivity index (χ2n) is 8.85. The highest BCUT2D eigenvalue weighted by Gasteiger charge is 2.24. The molecule has 32 heavy (non-hydrogen) atoms. The van der Waals surface area contributed by atoms with Crippen molar-refractivity contribution >= 4 is 22.4 Å². The Morgan fingerprint density at radius 2 is 1.75 bits per heavy atom. The third-order valence-electron chi connectivity index (χ3n) is 6.45. The molecule has 3 aromatic rings. The number of nitrogens with one attached hydrogen (secondary N) is 1. The number of hydrogen-bond acceptors (Lipinski definition) is 7. The maximum absolute atomic E-state index is 6.54. The van der Waals surface area contributed by atoms with Gasteiger partial charge in [0.1, 0.15) is 11.3 Å². The van der Waals surface area contributed by atoms with Gasteiger partial charge in [-0.05, 0) is 57.2 Å². The first-order chi connectivity index (χ1) is 15.7. The normalized spacial score (nSPS) is 21.5. The Kier molecular flexibility index (Phi) is 6.08. The third-order valence-corrected chi connectivity index (χ3v) is 6.45. The molecule has 0 amide bonds. The van der Waals surface area contributed by atoms with E-state index in [1.807, 2.05) is 6.20 Å². The fourth-order valence-electron chi connectivity index (χ4n) is 4.63. The number of aryl methyl sites for hydroxylation is 2. The van der Waals surface area contributed by atoms with E-state index < -0.39 is 0 Å². The lowest BCUT2D eigenvalue weighted by Crippen LogP contribution is -2.36. The lowest BCUT2D eigenvalue weighted by molar-refractivity contribution is 0.122. The maximum atomic E-state index is 6.54. The lowest BCUT2D eigenvalue weighted by atomic mass is 9.92. The summed E-state index contributed by atoms with van der Waals surface area (Å²) in [5.41, 5.74) is 6.24. The number of nitrogens with zero attached hydrogens (tertiary/aromatic N) is 4. The number of fused-ring (bicyclic) bond motifs is 1. The van der Waals surface area contributed by atoms with Crippen LogP contribution < -0.4 is 15.0 Å². The van der Waals surface area contributed by atoms with Crippen LogP contribution in [0.3, 0.4) is 0 Å². The molecule has 0 unspecified atom stereocenters. The summed E-state index contributed by atoms with van der Waals surface area (Å²) in [6.45, 7) is 7.42. The SMILES string of the molecule is Cc1cnc(C)c(N[C@H]2CC[C@@H](Oc3cc(N4CCOCC4)cc4nccnc34)CC2)c1. The summed E-state index contributed by atoms with van der Waals surface area (Å²) in [6.07, 6.45) is 9.77. The van der Waals surface area contributed by atoms with Crippen LogP contribution in [0.25, 0.3) is 11.0 Å². The highest BCUT2D eigenvalue weighted by Crippen LogP contribution is 2.33. The molecule has 0 radical (unpaired) electrons. The minimum absolute atomic E-state index is 0.190. The minimum Gasteiger partial charge on any atom is -0.488 e. The van der Waals surface area contributed by atoms with E-state index in [1.165, 1.54) is 5.56 Å². The van der Waals surface area contributed by atoms with Crippen LogP contribution >= 0.6 is 0 Å². The van der Waals surface area contributed by atoms with Gasteiger partial charge in [-0.3, -0.25) is 9.97 Å².